The Morgan fingerprint density at radius 1 is 1.16 bits per heavy atom. The molecule has 1 aromatic rings. The zero-order chi connectivity index (χ0) is 18.6. The maximum Gasteiger partial charge on any atom is 0.239 e. The molecule has 25 heavy (non-hydrogen) atoms. The van der Waals surface area contributed by atoms with Crippen molar-refractivity contribution >= 4 is 5.91 Å². The van der Waals surface area contributed by atoms with Crippen LogP contribution in [0, 0.1) is 0 Å². The number of hydrogen-bond acceptors (Lipinski definition) is 3. The van der Waals surface area contributed by atoms with Crippen LogP contribution in [0.1, 0.15) is 58.1 Å². The summed E-state index contributed by atoms with van der Waals surface area (Å²) in [5.41, 5.74) is 8.58. The number of hydrogen-bond donors (Lipinski definition) is 1. The number of benzene rings is 1. The van der Waals surface area contributed by atoms with Crippen LogP contribution in [0.4, 0.5) is 0 Å². The summed E-state index contributed by atoms with van der Waals surface area (Å²) >= 11 is 0. The van der Waals surface area contributed by atoms with E-state index in [1.807, 2.05) is 20.9 Å². The zero-order valence-electron chi connectivity index (χ0n) is 16.5. The third-order valence-corrected chi connectivity index (χ3v) is 5.66. The average molecular weight is 346 g/mol. The second-order valence-corrected chi connectivity index (χ2v) is 7.97. The summed E-state index contributed by atoms with van der Waals surface area (Å²) < 4.78 is 0. The minimum atomic E-state index is -0.472. The van der Waals surface area contributed by atoms with Crippen molar-refractivity contribution in [2.24, 2.45) is 5.73 Å². The van der Waals surface area contributed by atoms with Gasteiger partial charge in [0.2, 0.25) is 5.91 Å². The van der Waals surface area contributed by atoms with E-state index in [0.717, 1.165) is 12.1 Å². The molecular formula is C21H35N3O. The molecule has 3 atom stereocenters. The Kier molecular flexibility index (Phi) is 7.03. The van der Waals surface area contributed by atoms with Crippen molar-refractivity contribution in [3.8, 4) is 0 Å². The molecule has 2 rings (SSSR count). The highest BCUT2D eigenvalue weighted by Gasteiger charge is 2.24. The summed E-state index contributed by atoms with van der Waals surface area (Å²) in [4.78, 5) is 16.6. The van der Waals surface area contributed by atoms with Crippen LogP contribution in [0.2, 0.25) is 0 Å². The Morgan fingerprint density at radius 3 is 2.20 bits per heavy atom. The van der Waals surface area contributed by atoms with Crippen molar-refractivity contribution in [2.75, 3.05) is 7.05 Å². The lowest BCUT2D eigenvalue weighted by molar-refractivity contribution is -0.132. The van der Waals surface area contributed by atoms with Crippen LogP contribution in [-0.4, -0.2) is 46.9 Å². The maximum atomic E-state index is 12.3. The summed E-state index contributed by atoms with van der Waals surface area (Å²) in [6.07, 6.45) is 4.52. The molecule has 4 nitrogen and oxygen atoms in total. The molecule has 1 aromatic carbocycles. The highest BCUT2D eigenvalue weighted by molar-refractivity contribution is 5.82. The standard InChI is InChI=1S/C21H35N3O/c1-15(2)23(5)21(25)20(22)13-18-9-11-19(12-10-18)14-24-16(3)7-6-8-17(24)4/h9-12,15-17,20H,6-8,13-14,22H2,1-5H3/t16?,17?,20-/m1/s1. The third-order valence-electron chi connectivity index (χ3n) is 5.66. The second kappa shape index (κ2) is 8.81. The molecule has 2 N–H and O–H groups in total. The second-order valence-electron chi connectivity index (χ2n) is 7.97. The predicted molar refractivity (Wildman–Crippen MR) is 104 cm³/mol. The Balaban J connectivity index is 1.94. The Morgan fingerprint density at radius 2 is 1.68 bits per heavy atom. The minimum absolute atomic E-state index is 0.00930. The van der Waals surface area contributed by atoms with Crippen LogP contribution in [0.25, 0.3) is 0 Å². The largest absolute Gasteiger partial charge is 0.342 e. The normalized spacial score (nSPS) is 22.8. The van der Waals surface area contributed by atoms with Gasteiger partial charge in [0.1, 0.15) is 0 Å². The molecule has 1 aliphatic rings. The van der Waals surface area contributed by atoms with E-state index in [1.165, 1.54) is 24.8 Å². The van der Waals surface area contributed by atoms with Crippen molar-refractivity contribution in [3.63, 3.8) is 0 Å². The number of likely N-dealkylation sites (tertiary alicyclic amines) is 1. The molecule has 0 saturated carbocycles. The van der Waals surface area contributed by atoms with Crippen molar-refractivity contribution in [3.05, 3.63) is 35.4 Å². The number of piperidine rings is 1. The number of nitrogens with zero attached hydrogens (tertiary/aromatic N) is 2. The summed E-state index contributed by atoms with van der Waals surface area (Å²) in [5.74, 6) is 0.00930. The van der Waals surface area contributed by atoms with Crippen LogP contribution in [0.3, 0.4) is 0 Å². The molecule has 0 bridgehead atoms. The molecule has 1 amide bonds. The first-order valence-electron chi connectivity index (χ1n) is 9.65. The fraction of sp³-hybridized carbons (Fsp3) is 0.667. The topological polar surface area (TPSA) is 49.6 Å². The molecule has 4 heteroatoms. The molecule has 0 spiro atoms. The molecule has 1 aliphatic heterocycles. The number of rotatable bonds is 6. The minimum Gasteiger partial charge on any atom is -0.342 e. The van der Waals surface area contributed by atoms with Crippen molar-refractivity contribution < 1.29 is 4.79 Å². The first kappa shape index (κ1) is 19.9. The van der Waals surface area contributed by atoms with E-state index in [1.54, 1.807) is 4.90 Å². The van der Waals surface area contributed by atoms with Gasteiger partial charge in [-0.25, -0.2) is 0 Å². The number of nitrogens with two attached hydrogens (primary N) is 1. The van der Waals surface area contributed by atoms with E-state index in [2.05, 4.69) is 43.0 Å². The van der Waals surface area contributed by atoms with Gasteiger partial charge < -0.3 is 10.6 Å². The van der Waals surface area contributed by atoms with Crippen molar-refractivity contribution in [1.82, 2.24) is 9.80 Å². The molecule has 0 radical (unpaired) electrons. The van der Waals surface area contributed by atoms with Gasteiger partial charge in [-0.05, 0) is 58.1 Å². The number of carbonyl (C=O) groups is 1. The van der Waals surface area contributed by atoms with E-state index in [-0.39, 0.29) is 11.9 Å². The van der Waals surface area contributed by atoms with Gasteiger partial charge in [-0.2, -0.15) is 0 Å². The summed E-state index contributed by atoms with van der Waals surface area (Å²) in [6.45, 7) is 9.67. The third kappa shape index (κ3) is 5.29. The van der Waals surface area contributed by atoms with E-state index in [4.69, 9.17) is 5.73 Å². The highest BCUT2D eigenvalue weighted by atomic mass is 16.2. The Hall–Kier alpha value is -1.39. The first-order valence-corrected chi connectivity index (χ1v) is 9.65. The van der Waals surface area contributed by atoms with Crippen LogP contribution >= 0.6 is 0 Å². The lowest BCUT2D eigenvalue weighted by Gasteiger charge is -2.39. The van der Waals surface area contributed by atoms with E-state index >= 15 is 0 Å². The van der Waals surface area contributed by atoms with E-state index in [0.29, 0.717) is 18.5 Å². The summed E-state index contributed by atoms with van der Waals surface area (Å²) in [6, 6.07) is 9.63. The number of likely N-dealkylation sites (N-methyl/N-ethyl adjacent to an activating group) is 1. The zero-order valence-corrected chi connectivity index (χ0v) is 16.5. The van der Waals surface area contributed by atoms with Crippen molar-refractivity contribution in [1.29, 1.82) is 0 Å². The smallest absolute Gasteiger partial charge is 0.239 e. The SMILES string of the molecule is CC(C)N(C)C(=O)[C@H](N)Cc1ccc(CN2C(C)CCCC2C)cc1. The van der Waals surface area contributed by atoms with Gasteiger partial charge in [-0.15, -0.1) is 0 Å². The fourth-order valence-corrected chi connectivity index (χ4v) is 3.64. The molecular weight excluding hydrogens is 310 g/mol. The average Bonchev–Trinajstić information content (AvgIpc) is 2.58. The van der Waals surface area contributed by atoms with Gasteiger partial charge in [0.25, 0.3) is 0 Å². The quantitative estimate of drug-likeness (QED) is 0.861. The Labute approximate surface area is 153 Å². The lowest BCUT2D eigenvalue weighted by atomic mass is 9.96. The van der Waals surface area contributed by atoms with Gasteiger partial charge >= 0.3 is 0 Å². The molecule has 0 aromatic heterocycles. The summed E-state index contributed by atoms with van der Waals surface area (Å²) in [5, 5.41) is 0. The number of carbonyl (C=O) groups excluding carboxylic acids is 1. The fourth-order valence-electron chi connectivity index (χ4n) is 3.64. The molecule has 2 unspecified atom stereocenters. The lowest BCUT2D eigenvalue weighted by Crippen LogP contribution is -2.45. The monoisotopic (exact) mass is 345 g/mol. The molecule has 140 valence electrons. The molecule has 1 fully saturated rings. The summed E-state index contributed by atoms with van der Waals surface area (Å²) in [7, 11) is 1.82. The van der Waals surface area contributed by atoms with E-state index in [9.17, 15) is 4.79 Å². The Bertz CT molecular complexity index is 545. The van der Waals surface area contributed by atoms with Gasteiger partial charge in [0.05, 0.1) is 6.04 Å². The van der Waals surface area contributed by atoms with Crippen LogP contribution in [0.15, 0.2) is 24.3 Å². The number of amides is 1. The maximum absolute atomic E-state index is 12.3. The van der Waals surface area contributed by atoms with Crippen LogP contribution < -0.4 is 5.73 Å². The van der Waals surface area contributed by atoms with Gasteiger partial charge in [-0.1, -0.05) is 30.7 Å². The molecule has 1 heterocycles. The van der Waals surface area contributed by atoms with Crippen LogP contribution in [-0.2, 0) is 17.8 Å². The van der Waals surface area contributed by atoms with Gasteiger partial charge in [-0.3, -0.25) is 9.69 Å². The van der Waals surface area contributed by atoms with Crippen LogP contribution in [0.5, 0.6) is 0 Å². The predicted octanol–water partition coefficient (Wildman–Crippen LogP) is 3.19. The highest BCUT2D eigenvalue weighted by Crippen LogP contribution is 2.24. The first-order chi connectivity index (χ1) is 11.8. The van der Waals surface area contributed by atoms with Crippen molar-refractivity contribution in [2.45, 2.75) is 84.1 Å². The van der Waals surface area contributed by atoms with Gasteiger partial charge in [0, 0.05) is 31.7 Å². The molecule has 0 aliphatic carbocycles. The molecule has 1 saturated heterocycles. The van der Waals surface area contributed by atoms with E-state index < -0.39 is 6.04 Å². The van der Waals surface area contributed by atoms with Gasteiger partial charge in [0.15, 0.2) is 0 Å².